The Bertz CT molecular complexity index is 866. The summed E-state index contributed by atoms with van der Waals surface area (Å²) in [6.45, 7) is 1.47. The molecule has 0 saturated carbocycles. The molecule has 140 valence electrons. The summed E-state index contributed by atoms with van der Waals surface area (Å²) < 4.78 is 10.9. The molecule has 7 nitrogen and oxygen atoms in total. The van der Waals surface area contributed by atoms with Crippen molar-refractivity contribution in [1.29, 1.82) is 0 Å². The Kier molecular flexibility index (Phi) is 5.43. The van der Waals surface area contributed by atoms with Crippen LogP contribution in [-0.4, -0.2) is 45.6 Å². The fourth-order valence-electron chi connectivity index (χ4n) is 3.22. The first-order chi connectivity index (χ1) is 13.3. The van der Waals surface area contributed by atoms with Crippen molar-refractivity contribution in [3.63, 3.8) is 0 Å². The molecule has 1 atom stereocenters. The highest BCUT2D eigenvalue weighted by molar-refractivity contribution is 7.08. The van der Waals surface area contributed by atoms with E-state index in [9.17, 15) is 4.79 Å². The Balaban J connectivity index is 1.31. The summed E-state index contributed by atoms with van der Waals surface area (Å²) in [6, 6.07) is 5.55. The van der Waals surface area contributed by atoms with Crippen LogP contribution in [0.1, 0.15) is 18.7 Å². The first-order valence-electron chi connectivity index (χ1n) is 8.93. The molecule has 3 aromatic heterocycles. The van der Waals surface area contributed by atoms with Crippen molar-refractivity contribution in [3.05, 3.63) is 47.2 Å². The Morgan fingerprint density at radius 3 is 3.19 bits per heavy atom. The van der Waals surface area contributed by atoms with Crippen molar-refractivity contribution in [2.75, 3.05) is 19.7 Å². The maximum Gasteiger partial charge on any atom is 0.260 e. The van der Waals surface area contributed by atoms with Gasteiger partial charge in [-0.3, -0.25) is 9.78 Å². The lowest BCUT2D eigenvalue weighted by Crippen LogP contribution is -2.42. The number of nitrogens with zero attached hydrogens (tertiary/aromatic N) is 4. The topological polar surface area (TPSA) is 81.4 Å². The van der Waals surface area contributed by atoms with Crippen molar-refractivity contribution in [1.82, 2.24) is 20.0 Å². The van der Waals surface area contributed by atoms with Gasteiger partial charge in [-0.2, -0.15) is 16.3 Å². The van der Waals surface area contributed by atoms with Crippen LogP contribution < -0.4 is 4.74 Å². The van der Waals surface area contributed by atoms with Crippen LogP contribution in [0.3, 0.4) is 0 Å². The minimum absolute atomic E-state index is 0.00644. The van der Waals surface area contributed by atoms with Crippen molar-refractivity contribution >= 4 is 17.2 Å². The number of thiophene rings is 1. The van der Waals surface area contributed by atoms with Gasteiger partial charge in [-0.1, -0.05) is 5.16 Å². The van der Waals surface area contributed by atoms with Crippen molar-refractivity contribution in [2.24, 2.45) is 5.92 Å². The van der Waals surface area contributed by atoms with Crippen molar-refractivity contribution < 1.29 is 14.1 Å². The molecule has 1 saturated heterocycles. The van der Waals surface area contributed by atoms with E-state index in [1.54, 1.807) is 35.9 Å². The Hall–Kier alpha value is -2.74. The number of carbonyl (C=O) groups is 1. The van der Waals surface area contributed by atoms with E-state index in [2.05, 4.69) is 15.1 Å². The largest absolute Gasteiger partial charge is 0.482 e. The lowest BCUT2D eigenvalue weighted by atomic mass is 9.95. The van der Waals surface area contributed by atoms with Crippen LogP contribution in [0, 0.1) is 5.92 Å². The Labute approximate surface area is 161 Å². The molecular formula is C19H20N4O3S. The quantitative estimate of drug-likeness (QED) is 0.650. The Morgan fingerprint density at radius 1 is 1.41 bits per heavy atom. The first kappa shape index (κ1) is 17.7. The number of carbonyl (C=O) groups excluding carboxylic acids is 1. The number of likely N-dealkylation sites (tertiary alicyclic amines) is 1. The molecule has 1 aliphatic rings. The first-order valence-corrected chi connectivity index (χ1v) is 9.88. The van der Waals surface area contributed by atoms with E-state index < -0.39 is 0 Å². The lowest BCUT2D eigenvalue weighted by molar-refractivity contribution is -0.135. The number of amides is 1. The summed E-state index contributed by atoms with van der Waals surface area (Å²) >= 11 is 1.60. The molecule has 1 aliphatic heterocycles. The van der Waals surface area contributed by atoms with Crippen LogP contribution >= 0.6 is 11.3 Å². The number of pyridine rings is 1. The molecule has 4 heterocycles. The van der Waals surface area contributed by atoms with Gasteiger partial charge in [-0.25, -0.2) is 0 Å². The monoisotopic (exact) mass is 384 g/mol. The molecular weight excluding hydrogens is 364 g/mol. The zero-order valence-electron chi connectivity index (χ0n) is 14.8. The zero-order valence-corrected chi connectivity index (χ0v) is 15.6. The number of ether oxygens (including phenoxy) is 1. The molecule has 0 radical (unpaired) electrons. The highest BCUT2D eigenvalue weighted by atomic mass is 32.1. The van der Waals surface area contributed by atoms with E-state index in [1.807, 2.05) is 21.7 Å². The molecule has 27 heavy (non-hydrogen) atoms. The van der Waals surface area contributed by atoms with Gasteiger partial charge in [0.25, 0.3) is 5.91 Å². The van der Waals surface area contributed by atoms with Crippen LogP contribution in [-0.2, 0) is 11.2 Å². The molecule has 0 aromatic carbocycles. The molecule has 0 spiro atoms. The van der Waals surface area contributed by atoms with Crippen LogP contribution in [0.15, 0.2) is 45.9 Å². The molecule has 0 bridgehead atoms. The van der Waals surface area contributed by atoms with E-state index in [0.717, 1.165) is 24.9 Å². The molecule has 3 aromatic rings. The maximum atomic E-state index is 12.5. The van der Waals surface area contributed by atoms with E-state index >= 15 is 0 Å². The number of hydrogen-bond acceptors (Lipinski definition) is 7. The third-order valence-electron chi connectivity index (χ3n) is 4.58. The third kappa shape index (κ3) is 4.51. The fraction of sp³-hybridized carbons (Fsp3) is 0.368. The zero-order chi connectivity index (χ0) is 18.5. The normalized spacial score (nSPS) is 17.0. The second kappa shape index (κ2) is 8.30. The van der Waals surface area contributed by atoms with E-state index in [1.165, 1.54) is 0 Å². The second-order valence-electron chi connectivity index (χ2n) is 6.55. The minimum Gasteiger partial charge on any atom is -0.482 e. The van der Waals surface area contributed by atoms with Crippen LogP contribution in [0.25, 0.3) is 11.4 Å². The smallest absolute Gasteiger partial charge is 0.260 e. The SMILES string of the molecule is O=C(COc1cccnc1)N1CCCC(Cc2nc(-c3ccsc3)no2)C1. The molecule has 4 rings (SSSR count). The van der Waals surface area contributed by atoms with E-state index in [0.29, 0.717) is 36.3 Å². The predicted octanol–water partition coefficient (Wildman–Crippen LogP) is 3.05. The van der Waals surface area contributed by atoms with E-state index in [-0.39, 0.29) is 12.5 Å². The number of rotatable bonds is 6. The van der Waals surface area contributed by atoms with Gasteiger partial charge < -0.3 is 14.2 Å². The van der Waals surface area contributed by atoms with Crippen molar-refractivity contribution in [2.45, 2.75) is 19.3 Å². The number of hydrogen-bond donors (Lipinski definition) is 0. The molecule has 0 aliphatic carbocycles. The highest BCUT2D eigenvalue weighted by Crippen LogP contribution is 2.23. The molecule has 0 N–H and O–H groups in total. The average molecular weight is 384 g/mol. The number of piperidine rings is 1. The molecule has 1 fully saturated rings. The average Bonchev–Trinajstić information content (AvgIpc) is 3.39. The third-order valence-corrected chi connectivity index (χ3v) is 5.26. The summed E-state index contributed by atoms with van der Waals surface area (Å²) in [5.74, 6) is 2.16. The lowest BCUT2D eigenvalue weighted by Gasteiger charge is -2.32. The van der Waals surface area contributed by atoms with Gasteiger partial charge in [0, 0.05) is 36.7 Å². The summed E-state index contributed by atoms with van der Waals surface area (Å²) in [6.07, 6.45) is 5.97. The highest BCUT2D eigenvalue weighted by Gasteiger charge is 2.25. The van der Waals surface area contributed by atoms with Gasteiger partial charge >= 0.3 is 0 Å². The summed E-state index contributed by atoms with van der Waals surface area (Å²) in [7, 11) is 0. The van der Waals surface area contributed by atoms with Gasteiger partial charge in [0.15, 0.2) is 6.61 Å². The number of aromatic nitrogens is 3. The predicted molar refractivity (Wildman–Crippen MR) is 100 cm³/mol. The van der Waals surface area contributed by atoms with Crippen molar-refractivity contribution in [3.8, 4) is 17.1 Å². The summed E-state index contributed by atoms with van der Waals surface area (Å²) in [5.41, 5.74) is 0.975. The summed E-state index contributed by atoms with van der Waals surface area (Å²) in [4.78, 5) is 22.8. The van der Waals surface area contributed by atoms with Gasteiger partial charge in [-0.15, -0.1) is 0 Å². The van der Waals surface area contributed by atoms with Gasteiger partial charge in [0.1, 0.15) is 5.75 Å². The van der Waals surface area contributed by atoms with E-state index in [4.69, 9.17) is 9.26 Å². The second-order valence-corrected chi connectivity index (χ2v) is 7.33. The summed E-state index contributed by atoms with van der Waals surface area (Å²) in [5, 5.41) is 8.04. The molecule has 1 amide bonds. The van der Waals surface area contributed by atoms with Gasteiger partial charge in [0.05, 0.1) is 6.20 Å². The van der Waals surface area contributed by atoms with Gasteiger partial charge in [0.2, 0.25) is 11.7 Å². The fourth-order valence-corrected chi connectivity index (χ4v) is 3.86. The standard InChI is InChI=1S/C19H20N4O3S/c24-18(12-25-16-4-1-6-20-10-16)23-7-2-3-14(11-23)9-17-21-19(22-26-17)15-5-8-27-13-15/h1,4-6,8,10,13-14H,2-3,7,9,11-12H2. The van der Waals surface area contributed by atoms with Gasteiger partial charge in [-0.05, 0) is 42.3 Å². The molecule has 8 heteroatoms. The van der Waals surface area contributed by atoms with Crippen LogP contribution in [0.2, 0.25) is 0 Å². The molecule has 1 unspecified atom stereocenters. The Morgan fingerprint density at radius 2 is 2.37 bits per heavy atom. The van der Waals surface area contributed by atoms with Crippen LogP contribution in [0.4, 0.5) is 0 Å². The maximum absolute atomic E-state index is 12.5. The minimum atomic E-state index is -0.00644. The van der Waals surface area contributed by atoms with Crippen LogP contribution in [0.5, 0.6) is 5.75 Å².